The van der Waals surface area contributed by atoms with Gasteiger partial charge in [0.2, 0.25) is 0 Å². The highest BCUT2D eigenvalue weighted by Crippen LogP contribution is 2.28. The highest BCUT2D eigenvalue weighted by atomic mass is 16.6. The van der Waals surface area contributed by atoms with Crippen molar-refractivity contribution in [1.29, 1.82) is 0 Å². The molecule has 0 bridgehead atoms. The largest absolute Gasteiger partial charge is 0.308 e. The molecule has 2 unspecified atom stereocenters. The molecule has 21 heavy (non-hydrogen) atoms. The Kier molecular flexibility index (Phi) is 5.28. The second-order valence-electron chi connectivity index (χ2n) is 6.06. The fourth-order valence-corrected chi connectivity index (χ4v) is 3.42. The first-order valence-electron chi connectivity index (χ1n) is 7.87. The normalized spacial score (nSPS) is 22.2. The van der Waals surface area contributed by atoms with Crippen LogP contribution in [0, 0.1) is 29.9 Å². The molecule has 0 saturated heterocycles. The zero-order chi connectivity index (χ0) is 15.4. The molecule has 2 rings (SSSR count). The molecule has 1 heterocycles. The van der Waals surface area contributed by atoms with E-state index < -0.39 is 0 Å². The minimum absolute atomic E-state index is 0.206. The van der Waals surface area contributed by atoms with Crippen LogP contribution < -0.4 is 5.32 Å². The Morgan fingerprint density at radius 2 is 2.10 bits per heavy atom. The first kappa shape index (κ1) is 15.9. The summed E-state index contributed by atoms with van der Waals surface area (Å²) < 4.78 is 0. The fourth-order valence-electron chi connectivity index (χ4n) is 3.42. The van der Waals surface area contributed by atoms with Gasteiger partial charge in [-0.2, -0.15) is 0 Å². The van der Waals surface area contributed by atoms with E-state index in [9.17, 15) is 10.1 Å². The molecule has 116 valence electrons. The lowest BCUT2D eigenvalue weighted by molar-refractivity contribution is -0.386. The Balaban J connectivity index is 2.09. The third kappa shape index (κ3) is 3.59. The maximum Gasteiger partial charge on any atom is 0.278 e. The number of pyridine rings is 1. The van der Waals surface area contributed by atoms with Crippen LogP contribution in [0.3, 0.4) is 0 Å². The summed E-state index contributed by atoms with van der Waals surface area (Å²) in [5, 5.41) is 14.7. The van der Waals surface area contributed by atoms with Crippen LogP contribution in [-0.4, -0.2) is 15.9 Å². The van der Waals surface area contributed by atoms with E-state index in [0.29, 0.717) is 23.7 Å². The van der Waals surface area contributed by atoms with E-state index in [0.717, 1.165) is 11.6 Å². The van der Waals surface area contributed by atoms with Crippen molar-refractivity contribution in [2.45, 2.75) is 65.5 Å². The Morgan fingerprint density at radius 3 is 2.76 bits per heavy atom. The van der Waals surface area contributed by atoms with Gasteiger partial charge in [0, 0.05) is 29.9 Å². The molecule has 1 aromatic heterocycles. The van der Waals surface area contributed by atoms with Gasteiger partial charge in [0.05, 0.1) is 10.6 Å². The SMILES string of the molecule is CCC1CCCCC1NCc1ncc(C)c([N+](=O)[O-])c1C. The summed E-state index contributed by atoms with van der Waals surface area (Å²) in [6.07, 6.45) is 7.89. The molecule has 1 aliphatic rings. The highest BCUT2D eigenvalue weighted by Gasteiger charge is 2.24. The average Bonchev–Trinajstić information content (AvgIpc) is 2.46. The Hall–Kier alpha value is -1.49. The standard InChI is InChI=1S/C16H25N3O2/c1-4-13-7-5-6-8-14(13)18-10-15-12(3)16(19(20)21)11(2)9-17-15/h9,13-14,18H,4-8,10H2,1-3H3. The summed E-state index contributed by atoms with van der Waals surface area (Å²) in [6, 6.07) is 0.519. The Labute approximate surface area is 126 Å². The van der Waals surface area contributed by atoms with E-state index in [1.807, 2.05) is 0 Å². The molecule has 2 atom stereocenters. The highest BCUT2D eigenvalue weighted by molar-refractivity contribution is 5.47. The van der Waals surface area contributed by atoms with Gasteiger partial charge in [-0.05, 0) is 32.6 Å². The predicted octanol–water partition coefficient (Wildman–Crippen LogP) is 3.67. The van der Waals surface area contributed by atoms with Gasteiger partial charge < -0.3 is 5.32 Å². The molecular weight excluding hydrogens is 266 g/mol. The molecule has 0 radical (unpaired) electrons. The summed E-state index contributed by atoms with van der Waals surface area (Å²) in [4.78, 5) is 15.2. The van der Waals surface area contributed by atoms with Crippen LogP contribution in [0.15, 0.2) is 6.20 Å². The Bertz CT molecular complexity index is 516. The van der Waals surface area contributed by atoms with Gasteiger partial charge in [0.1, 0.15) is 0 Å². The topological polar surface area (TPSA) is 68.1 Å². The molecule has 1 fully saturated rings. The van der Waals surface area contributed by atoms with Crippen molar-refractivity contribution in [2.24, 2.45) is 5.92 Å². The fraction of sp³-hybridized carbons (Fsp3) is 0.688. The Morgan fingerprint density at radius 1 is 1.38 bits per heavy atom. The zero-order valence-corrected chi connectivity index (χ0v) is 13.2. The maximum atomic E-state index is 11.2. The van der Waals surface area contributed by atoms with Gasteiger partial charge in [-0.1, -0.05) is 26.2 Å². The lowest BCUT2D eigenvalue weighted by Gasteiger charge is -2.31. The smallest absolute Gasteiger partial charge is 0.278 e. The summed E-state index contributed by atoms with van der Waals surface area (Å²) in [5.74, 6) is 0.722. The first-order chi connectivity index (χ1) is 10.0. The quantitative estimate of drug-likeness (QED) is 0.664. The number of nitro groups is 1. The van der Waals surface area contributed by atoms with Crippen LogP contribution in [0.1, 0.15) is 55.8 Å². The van der Waals surface area contributed by atoms with E-state index in [1.54, 1.807) is 20.0 Å². The predicted molar refractivity (Wildman–Crippen MR) is 83.2 cm³/mol. The molecule has 0 spiro atoms. The number of nitrogens with one attached hydrogen (secondary N) is 1. The molecule has 1 aromatic rings. The van der Waals surface area contributed by atoms with Crippen molar-refractivity contribution in [1.82, 2.24) is 10.3 Å². The number of hydrogen-bond donors (Lipinski definition) is 1. The number of aromatic nitrogens is 1. The van der Waals surface area contributed by atoms with E-state index >= 15 is 0 Å². The molecular formula is C16H25N3O2. The molecule has 1 saturated carbocycles. The van der Waals surface area contributed by atoms with Crippen LogP contribution in [0.25, 0.3) is 0 Å². The molecule has 1 N–H and O–H groups in total. The first-order valence-corrected chi connectivity index (χ1v) is 7.87. The molecule has 0 amide bonds. The molecule has 5 heteroatoms. The summed E-state index contributed by atoms with van der Waals surface area (Å²) in [6.45, 7) is 6.40. The van der Waals surface area contributed by atoms with Crippen molar-refractivity contribution in [2.75, 3.05) is 0 Å². The third-order valence-electron chi connectivity index (χ3n) is 4.72. The second-order valence-corrected chi connectivity index (χ2v) is 6.06. The average molecular weight is 291 g/mol. The minimum Gasteiger partial charge on any atom is -0.308 e. The van der Waals surface area contributed by atoms with Gasteiger partial charge in [-0.25, -0.2) is 0 Å². The molecule has 5 nitrogen and oxygen atoms in total. The molecule has 0 aliphatic heterocycles. The van der Waals surface area contributed by atoms with Crippen LogP contribution >= 0.6 is 0 Å². The van der Waals surface area contributed by atoms with E-state index in [2.05, 4.69) is 17.2 Å². The monoisotopic (exact) mass is 291 g/mol. The molecule has 1 aliphatic carbocycles. The van der Waals surface area contributed by atoms with Crippen LogP contribution in [0.2, 0.25) is 0 Å². The van der Waals surface area contributed by atoms with Crippen LogP contribution in [0.4, 0.5) is 5.69 Å². The van der Waals surface area contributed by atoms with Gasteiger partial charge >= 0.3 is 0 Å². The third-order valence-corrected chi connectivity index (χ3v) is 4.72. The van der Waals surface area contributed by atoms with Crippen molar-refractivity contribution in [3.63, 3.8) is 0 Å². The van der Waals surface area contributed by atoms with Crippen molar-refractivity contribution in [3.8, 4) is 0 Å². The van der Waals surface area contributed by atoms with Crippen molar-refractivity contribution >= 4 is 5.69 Å². The van der Waals surface area contributed by atoms with E-state index in [1.165, 1.54) is 32.1 Å². The number of hydrogen-bond acceptors (Lipinski definition) is 4. The number of rotatable bonds is 5. The van der Waals surface area contributed by atoms with E-state index in [-0.39, 0.29) is 10.6 Å². The van der Waals surface area contributed by atoms with Crippen molar-refractivity contribution in [3.05, 3.63) is 33.1 Å². The summed E-state index contributed by atoms with van der Waals surface area (Å²) >= 11 is 0. The van der Waals surface area contributed by atoms with E-state index in [4.69, 9.17) is 0 Å². The van der Waals surface area contributed by atoms with Gasteiger partial charge in [-0.15, -0.1) is 0 Å². The summed E-state index contributed by atoms with van der Waals surface area (Å²) in [5.41, 5.74) is 2.33. The lowest BCUT2D eigenvalue weighted by atomic mass is 9.83. The second kappa shape index (κ2) is 6.98. The number of aryl methyl sites for hydroxylation is 1. The van der Waals surface area contributed by atoms with Gasteiger partial charge in [0.25, 0.3) is 5.69 Å². The van der Waals surface area contributed by atoms with Crippen molar-refractivity contribution < 1.29 is 4.92 Å². The van der Waals surface area contributed by atoms with Crippen LogP contribution in [0.5, 0.6) is 0 Å². The van der Waals surface area contributed by atoms with Gasteiger partial charge in [0.15, 0.2) is 0 Å². The zero-order valence-electron chi connectivity index (χ0n) is 13.2. The maximum absolute atomic E-state index is 11.2. The molecule has 0 aromatic carbocycles. The number of nitrogens with zero attached hydrogens (tertiary/aromatic N) is 2. The minimum atomic E-state index is -0.300. The van der Waals surface area contributed by atoms with Crippen LogP contribution in [-0.2, 0) is 6.54 Å². The lowest BCUT2D eigenvalue weighted by Crippen LogP contribution is -2.38. The summed E-state index contributed by atoms with van der Waals surface area (Å²) in [7, 11) is 0. The van der Waals surface area contributed by atoms with Gasteiger partial charge in [-0.3, -0.25) is 15.1 Å².